The summed E-state index contributed by atoms with van der Waals surface area (Å²) in [5.41, 5.74) is -0.203. The minimum Gasteiger partial charge on any atom is -0.377 e. The van der Waals surface area contributed by atoms with Crippen molar-refractivity contribution < 1.29 is 9.53 Å². The lowest BCUT2D eigenvalue weighted by Crippen LogP contribution is -2.42. The van der Waals surface area contributed by atoms with Gasteiger partial charge in [0.2, 0.25) is 5.91 Å². The Balaban J connectivity index is 2.16. The molecule has 1 rings (SSSR count). The molecule has 1 amide bonds. The molecule has 15 heavy (non-hydrogen) atoms. The Labute approximate surface area is 92.0 Å². The van der Waals surface area contributed by atoms with Crippen molar-refractivity contribution in [3.8, 4) is 0 Å². The van der Waals surface area contributed by atoms with E-state index in [2.05, 4.69) is 5.32 Å². The molecule has 0 aromatic carbocycles. The predicted molar refractivity (Wildman–Crippen MR) is 59.8 cm³/mol. The van der Waals surface area contributed by atoms with E-state index < -0.39 is 0 Å². The molecule has 0 aromatic rings. The number of nitrogens with one attached hydrogen (secondary N) is 1. The van der Waals surface area contributed by atoms with Crippen LogP contribution in [0, 0.1) is 0 Å². The van der Waals surface area contributed by atoms with E-state index in [1.54, 1.807) is 7.11 Å². The molecule has 0 aromatic heterocycles. The third-order valence-electron chi connectivity index (χ3n) is 2.84. The largest absolute Gasteiger partial charge is 0.377 e. The summed E-state index contributed by atoms with van der Waals surface area (Å²) >= 11 is 0. The second kappa shape index (κ2) is 5.47. The Kier molecular flexibility index (Phi) is 4.54. The van der Waals surface area contributed by atoms with E-state index in [0.717, 1.165) is 25.9 Å². The van der Waals surface area contributed by atoms with Crippen molar-refractivity contribution in [2.75, 3.05) is 33.3 Å². The molecule has 4 heteroatoms. The van der Waals surface area contributed by atoms with E-state index in [1.165, 1.54) is 0 Å². The van der Waals surface area contributed by atoms with Gasteiger partial charge in [0.1, 0.15) is 0 Å². The molecule has 0 saturated carbocycles. The highest BCUT2D eigenvalue weighted by Crippen LogP contribution is 2.07. The van der Waals surface area contributed by atoms with Crippen LogP contribution in [0.1, 0.15) is 26.7 Å². The number of hydrogen-bond acceptors (Lipinski definition) is 3. The number of carbonyl (C=O) groups excluding carboxylic acids is 1. The van der Waals surface area contributed by atoms with Gasteiger partial charge in [0, 0.05) is 26.7 Å². The van der Waals surface area contributed by atoms with Gasteiger partial charge in [-0.3, -0.25) is 4.79 Å². The SMILES string of the molecule is COC(C)(C)CNCC(=O)N1CCCC1. The van der Waals surface area contributed by atoms with Crippen LogP contribution in [-0.4, -0.2) is 49.7 Å². The number of ether oxygens (including phenoxy) is 1. The summed E-state index contributed by atoms with van der Waals surface area (Å²) in [5.74, 6) is 0.208. The summed E-state index contributed by atoms with van der Waals surface area (Å²) in [7, 11) is 1.68. The van der Waals surface area contributed by atoms with Gasteiger partial charge in [-0.05, 0) is 26.7 Å². The molecule has 1 aliphatic rings. The number of carbonyl (C=O) groups is 1. The molecule has 0 unspecified atom stereocenters. The van der Waals surface area contributed by atoms with Crippen LogP contribution in [0.4, 0.5) is 0 Å². The van der Waals surface area contributed by atoms with Gasteiger partial charge in [-0.1, -0.05) is 0 Å². The van der Waals surface area contributed by atoms with Crippen molar-refractivity contribution in [2.24, 2.45) is 0 Å². The first-order valence-electron chi connectivity index (χ1n) is 5.59. The monoisotopic (exact) mass is 214 g/mol. The quantitative estimate of drug-likeness (QED) is 0.729. The molecule has 1 fully saturated rings. The second-order valence-corrected chi connectivity index (χ2v) is 4.66. The summed E-state index contributed by atoms with van der Waals surface area (Å²) in [6.45, 7) is 6.97. The second-order valence-electron chi connectivity index (χ2n) is 4.66. The Bertz CT molecular complexity index is 211. The van der Waals surface area contributed by atoms with Crippen LogP contribution >= 0.6 is 0 Å². The zero-order valence-corrected chi connectivity index (χ0v) is 10.0. The van der Waals surface area contributed by atoms with E-state index >= 15 is 0 Å². The number of rotatable bonds is 5. The Morgan fingerprint density at radius 3 is 2.53 bits per heavy atom. The fraction of sp³-hybridized carbons (Fsp3) is 0.909. The zero-order valence-electron chi connectivity index (χ0n) is 10.0. The lowest BCUT2D eigenvalue weighted by Gasteiger charge is -2.24. The maximum absolute atomic E-state index is 11.6. The predicted octanol–water partition coefficient (Wildman–Crippen LogP) is 0.623. The van der Waals surface area contributed by atoms with Crippen molar-refractivity contribution in [3.05, 3.63) is 0 Å². The van der Waals surface area contributed by atoms with Gasteiger partial charge >= 0.3 is 0 Å². The molecule has 1 heterocycles. The lowest BCUT2D eigenvalue weighted by atomic mass is 10.1. The van der Waals surface area contributed by atoms with E-state index in [9.17, 15) is 4.79 Å². The number of hydrogen-bond donors (Lipinski definition) is 1. The van der Waals surface area contributed by atoms with E-state index in [4.69, 9.17) is 4.74 Å². The highest BCUT2D eigenvalue weighted by Gasteiger charge is 2.19. The molecular weight excluding hydrogens is 192 g/mol. The van der Waals surface area contributed by atoms with Crippen LogP contribution in [0.5, 0.6) is 0 Å². The molecule has 4 nitrogen and oxygen atoms in total. The Morgan fingerprint density at radius 1 is 1.40 bits per heavy atom. The van der Waals surface area contributed by atoms with Gasteiger partial charge in [0.25, 0.3) is 0 Å². The number of likely N-dealkylation sites (tertiary alicyclic amines) is 1. The average molecular weight is 214 g/mol. The summed E-state index contributed by atoms with van der Waals surface area (Å²) in [6.07, 6.45) is 2.30. The molecule has 1 N–H and O–H groups in total. The Hall–Kier alpha value is -0.610. The molecular formula is C11H22N2O2. The first-order valence-corrected chi connectivity index (χ1v) is 5.59. The lowest BCUT2D eigenvalue weighted by molar-refractivity contribution is -0.129. The first kappa shape index (κ1) is 12.5. The standard InChI is InChI=1S/C11H22N2O2/c1-11(2,15-3)9-12-8-10(14)13-6-4-5-7-13/h12H,4-9H2,1-3H3. The minimum atomic E-state index is -0.203. The topological polar surface area (TPSA) is 41.6 Å². The fourth-order valence-electron chi connectivity index (χ4n) is 1.62. The van der Waals surface area contributed by atoms with Gasteiger partial charge in [0.05, 0.1) is 12.1 Å². The van der Waals surface area contributed by atoms with Crippen LogP contribution < -0.4 is 5.32 Å². The van der Waals surface area contributed by atoms with Crippen LogP contribution in [-0.2, 0) is 9.53 Å². The van der Waals surface area contributed by atoms with Crippen LogP contribution in [0.2, 0.25) is 0 Å². The molecule has 0 aliphatic carbocycles. The van der Waals surface area contributed by atoms with Gasteiger partial charge < -0.3 is 15.0 Å². The van der Waals surface area contributed by atoms with E-state index in [0.29, 0.717) is 13.1 Å². The summed E-state index contributed by atoms with van der Waals surface area (Å²) in [4.78, 5) is 13.6. The fourth-order valence-corrected chi connectivity index (χ4v) is 1.62. The molecule has 0 bridgehead atoms. The number of amides is 1. The van der Waals surface area contributed by atoms with Crippen molar-refractivity contribution in [3.63, 3.8) is 0 Å². The number of methoxy groups -OCH3 is 1. The average Bonchev–Trinajstić information content (AvgIpc) is 2.70. The maximum atomic E-state index is 11.6. The van der Waals surface area contributed by atoms with Crippen molar-refractivity contribution >= 4 is 5.91 Å². The maximum Gasteiger partial charge on any atom is 0.236 e. The summed E-state index contributed by atoms with van der Waals surface area (Å²) in [6, 6.07) is 0. The van der Waals surface area contributed by atoms with Gasteiger partial charge in [0.15, 0.2) is 0 Å². The Morgan fingerprint density at radius 2 is 2.00 bits per heavy atom. The van der Waals surface area contributed by atoms with Crippen molar-refractivity contribution in [1.82, 2.24) is 10.2 Å². The van der Waals surface area contributed by atoms with Gasteiger partial charge in [-0.15, -0.1) is 0 Å². The molecule has 1 saturated heterocycles. The highest BCUT2D eigenvalue weighted by atomic mass is 16.5. The highest BCUT2D eigenvalue weighted by molar-refractivity contribution is 5.78. The zero-order chi connectivity index (χ0) is 11.3. The smallest absolute Gasteiger partial charge is 0.236 e. The third kappa shape index (κ3) is 4.18. The van der Waals surface area contributed by atoms with Crippen molar-refractivity contribution in [1.29, 1.82) is 0 Å². The molecule has 0 atom stereocenters. The van der Waals surface area contributed by atoms with Crippen LogP contribution in [0.25, 0.3) is 0 Å². The van der Waals surface area contributed by atoms with Gasteiger partial charge in [-0.25, -0.2) is 0 Å². The first-order chi connectivity index (χ1) is 7.05. The van der Waals surface area contributed by atoms with Crippen LogP contribution in [0.3, 0.4) is 0 Å². The van der Waals surface area contributed by atoms with E-state index in [1.807, 2.05) is 18.7 Å². The number of nitrogens with zero attached hydrogens (tertiary/aromatic N) is 1. The normalized spacial score (nSPS) is 17.1. The molecule has 0 spiro atoms. The summed E-state index contributed by atoms with van der Waals surface area (Å²) < 4.78 is 5.26. The molecule has 88 valence electrons. The third-order valence-corrected chi connectivity index (χ3v) is 2.84. The van der Waals surface area contributed by atoms with Gasteiger partial charge in [-0.2, -0.15) is 0 Å². The minimum absolute atomic E-state index is 0.203. The van der Waals surface area contributed by atoms with Crippen LogP contribution in [0.15, 0.2) is 0 Å². The van der Waals surface area contributed by atoms with E-state index in [-0.39, 0.29) is 11.5 Å². The van der Waals surface area contributed by atoms with Crippen molar-refractivity contribution in [2.45, 2.75) is 32.3 Å². The summed E-state index contributed by atoms with van der Waals surface area (Å²) in [5, 5.41) is 3.14. The molecule has 0 radical (unpaired) electrons. The molecule has 1 aliphatic heterocycles.